The molecule has 0 aliphatic rings. The van der Waals surface area contributed by atoms with Crippen LogP contribution < -0.4 is 5.32 Å². The number of carbonyl (C=O) groups is 1. The van der Waals surface area contributed by atoms with Crippen LogP contribution >= 0.6 is 0 Å². The summed E-state index contributed by atoms with van der Waals surface area (Å²) in [6.07, 6.45) is 1.67. The van der Waals surface area contributed by atoms with Gasteiger partial charge in [0.25, 0.3) is 0 Å². The minimum atomic E-state index is -0.894. The topological polar surface area (TPSA) is 62.5 Å². The monoisotopic (exact) mass is 281 g/mol. The Balaban J connectivity index is 1.80. The zero-order chi connectivity index (χ0) is 14.7. The fourth-order valence-corrected chi connectivity index (χ4v) is 2.37. The first-order valence-corrected chi connectivity index (χ1v) is 6.72. The van der Waals surface area contributed by atoms with E-state index in [0.717, 1.165) is 22.1 Å². The number of hydrogen-bond acceptors (Lipinski definition) is 3. The van der Waals surface area contributed by atoms with Gasteiger partial charge in [-0.1, -0.05) is 48.5 Å². The Bertz CT molecular complexity index is 749. The molecule has 0 fully saturated rings. The fraction of sp³-hybridized carbons (Fsp3) is 0.118. The van der Waals surface area contributed by atoms with Gasteiger partial charge in [-0.3, -0.25) is 10.1 Å². The summed E-state index contributed by atoms with van der Waals surface area (Å²) in [7, 11) is 0. The third-order valence-electron chi connectivity index (χ3n) is 3.44. The Labute approximate surface area is 122 Å². The zero-order valence-corrected chi connectivity index (χ0v) is 11.3. The third-order valence-corrected chi connectivity index (χ3v) is 3.44. The predicted octanol–water partition coefficient (Wildman–Crippen LogP) is 3.35. The lowest BCUT2D eigenvalue weighted by atomic mass is 10.1. The molecule has 3 rings (SSSR count). The van der Waals surface area contributed by atoms with Crippen molar-refractivity contribution < 1.29 is 14.3 Å². The molecule has 0 saturated carbocycles. The Morgan fingerprint density at radius 3 is 2.57 bits per heavy atom. The van der Waals surface area contributed by atoms with Crippen LogP contribution in [-0.2, 0) is 11.3 Å². The highest BCUT2D eigenvalue weighted by Crippen LogP contribution is 2.21. The second-order valence-corrected chi connectivity index (χ2v) is 4.82. The lowest BCUT2D eigenvalue weighted by molar-refractivity contribution is -0.139. The van der Waals surface area contributed by atoms with Crippen LogP contribution in [0.15, 0.2) is 65.3 Å². The molecule has 1 heterocycles. The minimum Gasteiger partial charge on any atom is -0.480 e. The fourth-order valence-electron chi connectivity index (χ4n) is 2.37. The largest absolute Gasteiger partial charge is 0.480 e. The molecule has 0 radical (unpaired) electrons. The highest BCUT2D eigenvalue weighted by atomic mass is 16.4. The molecular weight excluding hydrogens is 266 g/mol. The summed E-state index contributed by atoms with van der Waals surface area (Å²) < 4.78 is 5.46. The summed E-state index contributed by atoms with van der Waals surface area (Å²) in [4.78, 5) is 11.4. The maximum Gasteiger partial charge on any atom is 0.325 e. The number of aliphatic carboxylic acids is 1. The Kier molecular flexibility index (Phi) is 3.71. The van der Waals surface area contributed by atoms with Crippen LogP contribution in [0.1, 0.15) is 17.2 Å². The highest BCUT2D eigenvalue weighted by molar-refractivity contribution is 5.81. The molecule has 3 aromatic rings. The molecule has 4 nitrogen and oxygen atoms in total. The van der Waals surface area contributed by atoms with Gasteiger partial charge in [0.15, 0.2) is 0 Å². The van der Waals surface area contributed by atoms with Crippen LogP contribution in [0.3, 0.4) is 0 Å². The van der Waals surface area contributed by atoms with Crippen molar-refractivity contribution in [3.8, 4) is 0 Å². The first kappa shape index (κ1) is 13.4. The Morgan fingerprint density at radius 1 is 1.10 bits per heavy atom. The summed E-state index contributed by atoms with van der Waals surface area (Å²) >= 11 is 0. The first-order valence-electron chi connectivity index (χ1n) is 6.72. The standard InChI is InChI=1S/C17H15NO3/c19-17(20)16(12-6-2-1-3-7-12)18-10-13-11-21-15-9-5-4-8-14(13)15/h1-9,11,16,18H,10H2,(H,19,20). The predicted molar refractivity (Wildman–Crippen MR) is 79.9 cm³/mol. The van der Waals surface area contributed by atoms with Gasteiger partial charge in [0.1, 0.15) is 11.6 Å². The lowest BCUT2D eigenvalue weighted by Crippen LogP contribution is -2.27. The zero-order valence-electron chi connectivity index (χ0n) is 11.3. The summed E-state index contributed by atoms with van der Waals surface area (Å²) in [5, 5.41) is 13.5. The van der Waals surface area contributed by atoms with Crippen molar-refractivity contribution in [2.24, 2.45) is 0 Å². The molecule has 0 amide bonds. The van der Waals surface area contributed by atoms with Crippen molar-refractivity contribution >= 4 is 16.9 Å². The van der Waals surface area contributed by atoms with Gasteiger partial charge < -0.3 is 9.52 Å². The van der Waals surface area contributed by atoms with Gasteiger partial charge in [-0.15, -0.1) is 0 Å². The average molecular weight is 281 g/mol. The number of benzene rings is 2. The van der Waals surface area contributed by atoms with E-state index in [0.29, 0.717) is 6.54 Å². The molecule has 0 aliphatic heterocycles. The van der Waals surface area contributed by atoms with Crippen LogP contribution in [0.25, 0.3) is 11.0 Å². The lowest BCUT2D eigenvalue weighted by Gasteiger charge is -2.14. The molecule has 0 saturated heterocycles. The molecule has 21 heavy (non-hydrogen) atoms. The molecule has 0 bridgehead atoms. The molecule has 2 N–H and O–H groups in total. The van der Waals surface area contributed by atoms with Gasteiger partial charge >= 0.3 is 5.97 Å². The number of fused-ring (bicyclic) bond motifs is 1. The van der Waals surface area contributed by atoms with Crippen molar-refractivity contribution in [1.29, 1.82) is 0 Å². The molecule has 106 valence electrons. The Hall–Kier alpha value is -2.59. The third kappa shape index (κ3) is 2.80. The van der Waals surface area contributed by atoms with E-state index < -0.39 is 12.0 Å². The number of carboxylic acids is 1. The van der Waals surface area contributed by atoms with Crippen molar-refractivity contribution in [3.63, 3.8) is 0 Å². The van der Waals surface area contributed by atoms with Crippen LogP contribution in [0.4, 0.5) is 0 Å². The number of rotatable bonds is 5. The number of carboxylic acid groups (broad SMARTS) is 1. The van der Waals surface area contributed by atoms with Gasteiger partial charge in [0, 0.05) is 17.5 Å². The van der Waals surface area contributed by atoms with Crippen LogP contribution in [-0.4, -0.2) is 11.1 Å². The van der Waals surface area contributed by atoms with E-state index in [1.807, 2.05) is 42.5 Å². The maximum absolute atomic E-state index is 11.4. The van der Waals surface area contributed by atoms with E-state index in [1.165, 1.54) is 0 Å². The summed E-state index contributed by atoms with van der Waals surface area (Å²) in [6, 6.07) is 16.1. The van der Waals surface area contributed by atoms with Crippen molar-refractivity contribution in [1.82, 2.24) is 5.32 Å². The maximum atomic E-state index is 11.4. The van der Waals surface area contributed by atoms with Crippen LogP contribution in [0.2, 0.25) is 0 Å². The van der Waals surface area contributed by atoms with E-state index >= 15 is 0 Å². The minimum absolute atomic E-state index is 0.433. The normalized spacial score (nSPS) is 12.4. The van der Waals surface area contributed by atoms with Crippen LogP contribution in [0.5, 0.6) is 0 Å². The second-order valence-electron chi connectivity index (χ2n) is 4.82. The average Bonchev–Trinajstić information content (AvgIpc) is 2.92. The molecule has 0 spiro atoms. The highest BCUT2D eigenvalue weighted by Gasteiger charge is 2.19. The van der Waals surface area contributed by atoms with Crippen molar-refractivity contribution in [2.75, 3.05) is 0 Å². The number of nitrogens with one attached hydrogen (secondary N) is 1. The number of hydrogen-bond donors (Lipinski definition) is 2. The van der Waals surface area contributed by atoms with E-state index in [4.69, 9.17) is 4.42 Å². The van der Waals surface area contributed by atoms with Gasteiger partial charge in [0.2, 0.25) is 0 Å². The van der Waals surface area contributed by atoms with Crippen LogP contribution in [0, 0.1) is 0 Å². The van der Waals surface area contributed by atoms with E-state index in [9.17, 15) is 9.90 Å². The van der Waals surface area contributed by atoms with Gasteiger partial charge in [-0.05, 0) is 11.6 Å². The van der Waals surface area contributed by atoms with Gasteiger partial charge in [-0.25, -0.2) is 0 Å². The van der Waals surface area contributed by atoms with Gasteiger partial charge in [0.05, 0.1) is 6.26 Å². The molecule has 1 unspecified atom stereocenters. The van der Waals surface area contributed by atoms with E-state index in [2.05, 4.69) is 5.32 Å². The molecule has 0 aliphatic carbocycles. The Morgan fingerprint density at radius 2 is 1.81 bits per heavy atom. The summed E-state index contributed by atoms with van der Waals surface area (Å²) in [5.74, 6) is -0.894. The molecule has 1 atom stereocenters. The molecule has 1 aromatic heterocycles. The summed E-state index contributed by atoms with van der Waals surface area (Å²) in [5.41, 5.74) is 2.49. The number of para-hydroxylation sites is 1. The van der Waals surface area contributed by atoms with Gasteiger partial charge in [-0.2, -0.15) is 0 Å². The SMILES string of the molecule is O=C(O)C(NCc1coc2ccccc12)c1ccccc1. The molecule has 2 aromatic carbocycles. The quantitative estimate of drug-likeness (QED) is 0.753. The van der Waals surface area contributed by atoms with Crippen molar-refractivity contribution in [2.45, 2.75) is 12.6 Å². The van der Waals surface area contributed by atoms with E-state index in [1.54, 1.807) is 18.4 Å². The summed E-state index contributed by atoms with van der Waals surface area (Å²) in [6.45, 7) is 0.433. The first-order chi connectivity index (χ1) is 10.3. The smallest absolute Gasteiger partial charge is 0.325 e. The van der Waals surface area contributed by atoms with E-state index in [-0.39, 0.29) is 0 Å². The van der Waals surface area contributed by atoms with Crippen molar-refractivity contribution in [3.05, 3.63) is 72.0 Å². The number of furan rings is 1. The second kappa shape index (κ2) is 5.81. The molecule has 4 heteroatoms. The molecular formula is C17H15NO3.